The lowest BCUT2D eigenvalue weighted by Gasteiger charge is -2.14. The molecule has 1 aromatic carbocycles. The van der Waals surface area contributed by atoms with Crippen LogP contribution in [0.15, 0.2) is 30.3 Å². The van der Waals surface area contributed by atoms with Crippen LogP contribution in [0.2, 0.25) is 0 Å². The number of hydrogen-bond donors (Lipinski definition) is 0. The molecule has 0 amide bonds. The maximum Gasteiger partial charge on any atom is 0.130 e. The Labute approximate surface area is 133 Å². The first-order valence-electron chi connectivity index (χ1n) is 8.30. The molecule has 0 aliphatic carbocycles. The van der Waals surface area contributed by atoms with E-state index < -0.39 is 0 Å². The molecule has 0 heterocycles. The zero-order valence-electron chi connectivity index (χ0n) is 15.3. The van der Waals surface area contributed by atoms with Crippen LogP contribution in [-0.2, 0) is 11.2 Å². The largest absolute Gasteiger partial charge is 0.300 e. The van der Waals surface area contributed by atoms with Gasteiger partial charge in [0.25, 0.3) is 0 Å². The Morgan fingerprint density at radius 2 is 1.43 bits per heavy atom. The van der Waals surface area contributed by atoms with Crippen LogP contribution in [-0.4, -0.2) is 5.78 Å². The molecule has 0 unspecified atom stereocenters. The summed E-state index contributed by atoms with van der Waals surface area (Å²) in [6, 6.07) is 10.5. The van der Waals surface area contributed by atoms with Gasteiger partial charge in [-0.05, 0) is 24.3 Å². The van der Waals surface area contributed by atoms with Gasteiger partial charge in [0.05, 0.1) is 0 Å². The van der Waals surface area contributed by atoms with E-state index >= 15 is 0 Å². The van der Waals surface area contributed by atoms with Gasteiger partial charge in [-0.1, -0.05) is 91.1 Å². The second kappa shape index (κ2) is 13.9. The Bertz CT molecular complexity index is 331. The molecule has 0 saturated carbocycles. The molecule has 0 N–H and O–H groups in total. The molecule has 0 saturated heterocycles. The van der Waals surface area contributed by atoms with Gasteiger partial charge in [0.1, 0.15) is 5.78 Å². The van der Waals surface area contributed by atoms with Crippen molar-refractivity contribution < 1.29 is 4.79 Å². The van der Waals surface area contributed by atoms with Crippen LogP contribution in [0.1, 0.15) is 79.7 Å². The molecule has 0 bridgehead atoms. The highest BCUT2D eigenvalue weighted by Crippen LogP contribution is 2.17. The lowest BCUT2D eigenvalue weighted by atomic mass is 9.91. The highest BCUT2D eigenvalue weighted by Gasteiger charge is 2.11. The molecule has 0 atom stereocenters. The second-order valence-electron chi connectivity index (χ2n) is 6.63. The SMILES string of the molecule is CC(=O)CC(C)(C)C.CCCCC.CCc1ccccc1. The number of unbranched alkanes of at least 4 members (excludes halogenated alkanes) is 2. The molecule has 0 radical (unpaired) electrons. The minimum atomic E-state index is 0.172. The molecule has 0 spiro atoms. The average molecular weight is 293 g/mol. The van der Waals surface area contributed by atoms with Crippen molar-refractivity contribution in [3.05, 3.63) is 35.9 Å². The standard InChI is InChI=1S/C8H10.C7H14O.C5H12/c1-2-8-6-4-3-5-7-8;1-6(8)5-7(2,3)4;1-3-5-4-2/h3-7H,2H2,1H3;5H2,1-4H3;3-5H2,1-2H3. The van der Waals surface area contributed by atoms with Gasteiger partial charge in [-0.25, -0.2) is 0 Å². The third-order valence-corrected chi connectivity index (χ3v) is 2.74. The number of aryl methyl sites for hydroxylation is 1. The summed E-state index contributed by atoms with van der Waals surface area (Å²) < 4.78 is 0. The van der Waals surface area contributed by atoms with Crippen LogP contribution in [0, 0.1) is 5.41 Å². The Hall–Kier alpha value is -1.11. The first kappa shape index (κ1) is 22.2. The summed E-state index contributed by atoms with van der Waals surface area (Å²) in [6.45, 7) is 14.4. The van der Waals surface area contributed by atoms with E-state index in [1.54, 1.807) is 6.92 Å². The van der Waals surface area contributed by atoms with Crippen molar-refractivity contribution in [2.45, 2.75) is 80.6 Å². The van der Waals surface area contributed by atoms with Gasteiger partial charge in [-0.2, -0.15) is 0 Å². The smallest absolute Gasteiger partial charge is 0.130 e. The third kappa shape index (κ3) is 21.3. The third-order valence-electron chi connectivity index (χ3n) is 2.74. The lowest BCUT2D eigenvalue weighted by molar-refractivity contribution is -0.118. The Morgan fingerprint density at radius 1 is 0.952 bits per heavy atom. The van der Waals surface area contributed by atoms with Crippen LogP contribution in [0.25, 0.3) is 0 Å². The zero-order valence-corrected chi connectivity index (χ0v) is 15.3. The number of benzene rings is 1. The fourth-order valence-corrected chi connectivity index (χ4v) is 1.81. The number of Topliss-reactive ketones (excluding diaryl/α,β-unsaturated/α-hetero) is 1. The van der Waals surface area contributed by atoms with Crippen LogP contribution >= 0.6 is 0 Å². The summed E-state index contributed by atoms with van der Waals surface area (Å²) in [5, 5.41) is 0. The number of ketones is 1. The van der Waals surface area contributed by atoms with Crippen molar-refractivity contribution >= 4 is 5.78 Å². The van der Waals surface area contributed by atoms with Gasteiger partial charge < -0.3 is 4.79 Å². The summed E-state index contributed by atoms with van der Waals surface area (Å²) in [6.07, 6.45) is 5.90. The van der Waals surface area contributed by atoms with E-state index in [9.17, 15) is 4.79 Å². The van der Waals surface area contributed by atoms with E-state index in [1.165, 1.54) is 24.8 Å². The van der Waals surface area contributed by atoms with Crippen LogP contribution in [0.3, 0.4) is 0 Å². The molecule has 1 nitrogen and oxygen atoms in total. The predicted molar refractivity (Wildman–Crippen MR) is 95.8 cm³/mol. The van der Waals surface area contributed by atoms with Crippen molar-refractivity contribution in [1.29, 1.82) is 0 Å². The maximum atomic E-state index is 10.5. The predicted octanol–water partition coefficient (Wildman–Crippen LogP) is 6.46. The van der Waals surface area contributed by atoms with E-state index in [1.807, 2.05) is 6.07 Å². The lowest BCUT2D eigenvalue weighted by Crippen LogP contribution is -2.09. The van der Waals surface area contributed by atoms with Gasteiger partial charge in [0.15, 0.2) is 0 Å². The normalized spacial score (nSPS) is 9.86. The monoisotopic (exact) mass is 292 g/mol. The first-order chi connectivity index (χ1) is 9.76. The minimum Gasteiger partial charge on any atom is -0.300 e. The van der Waals surface area contributed by atoms with Gasteiger partial charge in [0, 0.05) is 6.42 Å². The van der Waals surface area contributed by atoms with Gasteiger partial charge in [0.2, 0.25) is 0 Å². The highest BCUT2D eigenvalue weighted by molar-refractivity contribution is 5.76. The van der Waals surface area contributed by atoms with E-state index in [-0.39, 0.29) is 11.2 Å². The fourth-order valence-electron chi connectivity index (χ4n) is 1.81. The number of carbonyl (C=O) groups is 1. The summed E-state index contributed by atoms with van der Waals surface area (Å²) >= 11 is 0. The van der Waals surface area contributed by atoms with Crippen molar-refractivity contribution in [1.82, 2.24) is 0 Å². The fraction of sp³-hybridized carbons (Fsp3) is 0.650. The summed E-state index contributed by atoms with van der Waals surface area (Å²) in [4.78, 5) is 10.5. The van der Waals surface area contributed by atoms with E-state index in [4.69, 9.17) is 0 Å². The molecule has 0 fully saturated rings. The summed E-state index contributed by atoms with van der Waals surface area (Å²) in [5.74, 6) is 0.275. The average Bonchev–Trinajstić information content (AvgIpc) is 2.39. The van der Waals surface area contributed by atoms with Crippen molar-refractivity contribution in [2.24, 2.45) is 5.41 Å². The number of rotatable bonds is 4. The molecule has 1 aromatic rings. The molecule has 1 rings (SSSR count). The summed E-state index contributed by atoms with van der Waals surface area (Å²) in [7, 11) is 0. The Balaban J connectivity index is 0. The molecule has 0 aliphatic rings. The van der Waals surface area contributed by atoms with Gasteiger partial charge in [-0.3, -0.25) is 0 Å². The maximum absolute atomic E-state index is 10.5. The Kier molecular flexibility index (Phi) is 14.6. The molecular formula is C20H36O. The van der Waals surface area contributed by atoms with Gasteiger partial charge >= 0.3 is 0 Å². The summed E-state index contributed by atoms with van der Waals surface area (Å²) in [5.41, 5.74) is 1.58. The van der Waals surface area contributed by atoms with Crippen molar-refractivity contribution in [2.75, 3.05) is 0 Å². The molecular weight excluding hydrogens is 256 g/mol. The van der Waals surface area contributed by atoms with Crippen LogP contribution in [0.4, 0.5) is 0 Å². The van der Waals surface area contributed by atoms with E-state index in [2.05, 4.69) is 65.8 Å². The molecule has 0 aliphatic heterocycles. The Morgan fingerprint density at radius 3 is 1.57 bits per heavy atom. The number of hydrogen-bond acceptors (Lipinski definition) is 1. The van der Waals surface area contributed by atoms with Crippen molar-refractivity contribution in [3.63, 3.8) is 0 Å². The minimum absolute atomic E-state index is 0.172. The molecule has 1 heteroatoms. The van der Waals surface area contributed by atoms with Crippen LogP contribution in [0.5, 0.6) is 0 Å². The van der Waals surface area contributed by atoms with E-state index in [0.717, 1.165) is 6.42 Å². The topological polar surface area (TPSA) is 17.1 Å². The van der Waals surface area contributed by atoms with Crippen LogP contribution < -0.4 is 0 Å². The molecule has 0 aromatic heterocycles. The highest BCUT2D eigenvalue weighted by atomic mass is 16.1. The van der Waals surface area contributed by atoms with E-state index in [0.29, 0.717) is 6.42 Å². The quantitative estimate of drug-likeness (QED) is 0.622. The first-order valence-corrected chi connectivity index (χ1v) is 8.30. The number of carbonyl (C=O) groups excluding carboxylic acids is 1. The van der Waals surface area contributed by atoms with Gasteiger partial charge in [-0.15, -0.1) is 0 Å². The zero-order chi connectivity index (χ0) is 16.7. The molecule has 122 valence electrons. The second-order valence-corrected chi connectivity index (χ2v) is 6.63. The van der Waals surface area contributed by atoms with Crippen molar-refractivity contribution in [3.8, 4) is 0 Å². The molecule has 21 heavy (non-hydrogen) atoms.